The molecule has 0 bridgehead atoms. The van der Waals surface area contributed by atoms with Crippen LogP contribution in [0, 0.1) is 0 Å². The summed E-state index contributed by atoms with van der Waals surface area (Å²) in [4.78, 5) is 13.7. The topological polar surface area (TPSA) is 96.5 Å². The van der Waals surface area contributed by atoms with Gasteiger partial charge < -0.3 is 14.8 Å². The highest BCUT2D eigenvalue weighted by molar-refractivity contribution is 9.10. The molecule has 0 aliphatic rings. The lowest BCUT2D eigenvalue weighted by atomic mass is 10.1. The third-order valence-corrected chi connectivity index (χ3v) is 7.66. The van der Waals surface area contributed by atoms with Crippen molar-refractivity contribution in [1.29, 1.82) is 0 Å². The summed E-state index contributed by atoms with van der Waals surface area (Å²) in [5, 5.41) is 9.51. The number of nitrogens with one attached hydrogen (secondary N) is 1. The van der Waals surface area contributed by atoms with Crippen LogP contribution in [0.5, 0.6) is 11.5 Å². The Balaban J connectivity index is 1.79. The molecule has 0 aliphatic carbocycles. The monoisotopic (exact) mass is 587 g/mol. The van der Waals surface area contributed by atoms with E-state index < -0.39 is 39.7 Å². The molecule has 4 rings (SSSR count). The van der Waals surface area contributed by atoms with Crippen LogP contribution in [0.4, 0.5) is 13.2 Å². The van der Waals surface area contributed by atoms with Crippen molar-refractivity contribution in [3.8, 4) is 11.5 Å². The van der Waals surface area contributed by atoms with Crippen LogP contribution in [0.15, 0.2) is 75.1 Å². The van der Waals surface area contributed by atoms with Crippen LogP contribution in [0.25, 0.3) is 10.9 Å². The van der Waals surface area contributed by atoms with E-state index in [0.29, 0.717) is 16.6 Å². The second-order valence-electron chi connectivity index (χ2n) is 7.44. The van der Waals surface area contributed by atoms with Crippen molar-refractivity contribution in [2.45, 2.75) is 22.4 Å². The largest absolute Gasteiger partial charge is 0.481 e. The molecule has 0 saturated heterocycles. The normalized spacial score (nSPS) is 12.1. The molecule has 3 aromatic carbocycles. The molecule has 12 heteroatoms. The number of aromatic amines is 1. The summed E-state index contributed by atoms with van der Waals surface area (Å²) in [6.45, 7) is 0. The van der Waals surface area contributed by atoms with Gasteiger partial charge in [-0.05, 0) is 76.1 Å². The van der Waals surface area contributed by atoms with E-state index in [2.05, 4.69) is 20.9 Å². The number of carbonyl (C=O) groups is 1. The summed E-state index contributed by atoms with van der Waals surface area (Å²) in [5.41, 5.74) is -0.815. The quantitative estimate of drug-likeness (QED) is 0.257. The number of fused-ring (bicyclic) bond motifs is 1. The first-order chi connectivity index (χ1) is 16.4. The molecule has 2 N–H and O–H groups in total. The van der Waals surface area contributed by atoms with Crippen LogP contribution in [-0.2, 0) is 27.2 Å². The number of hydrogen-bond acceptors (Lipinski definition) is 4. The minimum Gasteiger partial charge on any atom is -0.481 e. The van der Waals surface area contributed by atoms with Crippen molar-refractivity contribution >= 4 is 54.2 Å². The minimum absolute atomic E-state index is 0.00903. The molecule has 1 heterocycles. The zero-order chi connectivity index (χ0) is 25.5. The zero-order valence-electron chi connectivity index (χ0n) is 17.4. The number of sulfone groups is 1. The van der Waals surface area contributed by atoms with Crippen molar-refractivity contribution < 1.29 is 36.2 Å². The summed E-state index contributed by atoms with van der Waals surface area (Å²) in [6.07, 6.45) is -4.16. The predicted molar refractivity (Wildman–Crippen MR) is 126 cm³/mol. The fourth-order valence-electron chi connectivity index (χ4n) is 3.46. The Morgan fingerprint density at radius 2 is 1.77 bits per heavy atom. The summed E-state index contributed by atoms with van der Waals surface area (Å²) in [5.74, 6) is -1.92. The van der Waals surface area contributed by atoms with Crippen LogP contribution >= 0.6 is 27.5 Å². The smallest absolute Gasteiger partial charge is 0.420 e. The number of rotatable bonds is 6. The van der Waals surface area contributed by atoms with Gasteiger partial charge in [0, 0.05) is 22.1 Å². The molecule has 182 valence electrons. The molecule has 1 aromatic heterocycles. The lowest BCUT2D eigenvalue weighted by Crippen LogP contribution is -2.10. The first kappa shape index (κ1) is 25.1. The van der Waals surface area contributed by atoms with Gasteiger partial charge in [0.15, 0.2) is 5.75 Å². The number of carboxylic acids is 1. The number of carboxylic acid groups (broad SMARTS) is 1. The number of aliphatic carboxylic acids is 1. The Morgan fingerprint density at radius 1 is 1.09 bits per heavy atom. The molecular weight excluding hydrogens is 575 g/mol. The minimum atomic E-state index is -4.84. The second kappa shape index (κ2) is 9.21. The molecular formula is C23H14BrClF3NO5S. The van der Waals surface area contributed by atoms with Gasteiger partial charge in [-0.15, -0.1) is 0 Å². The fraction of sp³-hybridized carbons (Fsp3) is 0.0870. The van der Waals surface area contributed by atoms with Crippen LogP contribution in [0.3, 0.4) is 0 Å². The van der Waals surface area contributed by atoms with Gasteiger partial charge in [-0.2, -0.15) is 13.2 Å². The molecule has 0 amide bonds. The Labute approximate surface area is 210 Å². The second-order valence-corrected chi connectivity index (χ2v) is 10.7. The first-order valence-corrected chi connectivity index (χ1v) is 12.4. The van der Waals surface area contributed by atoms with Crippen LogP contribution < -0.4 is 4.74 Å². The third-order valence-electron chi connectivity index (χ3n) is 5.01. The van der Waals surface area contributed by atoms with Gasteiger partial charge in [-0.3, -0.25) is 4.79 Å². The van der Waals surface area contributed by atoms with Crippen molar-refractivity contribution in [3.63, 3.8) is 0 Å². The highest BCUT2D eigenvalue weighted by Crippen LogP contribution is 2.44. The van der Waals surface area contributed by atoms with E-state index in [1.54, 1.807) is 0 Å². The maximum absolute atomic E-state index is 13.7. The van der Waals surface area contributed by atoms with Gasteiger partial charge in [-0.1, -0.05) is 11.6 Å². The number of alkyl halides is 3. The number of halogens is 5. The van der Waals surface area contributed by atoms with Gasteiger partial charge in [0.25, 0.3) is 0 Å². The molecule has 0 radical (unpaired) electrons. The Hall–Kier alpha value is -3.02. The van der Waals surface area contributed by atoms with E-state index >= 15 is 0 Å². The SMILES string of the molecule is O=C(O)Cc1cc(Br)c(Oc2ccc3[nH]cc(S(=O)(=O)c4ccc(Cl)cc4)c3c2)c(C(F)(F)F)c1. The molecule has 0 unspecified atom stereocenters. The van der Waals surface area contributed by atoms with Gasteiger partial charge in [0.05, 0.1) is 26.2 Å². The van der Waals surface area contributed by atoms with Crippen molar-refractivity contribution in [2.75, 3.05) is 0 Å². The van der Waals surface area contributed by atoms with E-state index in [9.17, 15) is 26.4 Å². The van der Waals surface area contributed by atoms with E-state index in [-0.39, 0.29) is 31.0 Å². The van der Waals surface area contributed by atoms with Gasteiger partial charge in [0.1, 0.15) is 5.75 Å². The van der Waals surface area contributed by atoms with Gasteiger partial charge in [-0.25, -0.2) is 8.42 Å². The summed E-state index contributed by atoms with van der Waals surface area (Å²) < 4.78 is 73.0. The van der Waals surface area contributed by atoms with Crippen LogP contribution in [-0.4, -0.2) is 24.5 Å². The molecule has 0 atom stereocenters. The molecule has 0 spiro atoms. The zero-order valence-corrected chi connectivity index (χ0v) is 20.5. The van der Waals surface area contributed by atoms with Crippen molar-refractivity contribution in [3.05, 3.63) is 81.4 Å². The van der Waals surface area contributed by atoms with Crippen LogP contribution in [0.2, 0.25) is 5.02 Å². The summed E-state index contributed by atoms with van der Waals surface area (Å²) in [6, 6.07) is 11.7. The standard InChI is InChI=1S/C23H14BrClF3NO5S/c24-18-8-12(9-21(30)31)7-17(23(26,27)28)22(18)34-14-3-6-19-16(10-14)20(11-29-19)35(32,33)15-4-1-13(25)2-5-15/h1-8,10-11,29H,9H2,(H,30,31). The number of benzene rings is 3. The maximum atomic E-state index is 13.7. The van der Waals surface area contributed by atoms with Crippen molar-refractivity contribution in [2.24, 2.45) is 0 Å². The number of ether oxygens (including phenoxy) is 1. The van der Waals surface area contributed by atoms with Crippen molar-refractivity contribution in [1.82, 2.24) is 4.98 Å². The highest BCUT2D eigenvalue weighted by Gasteiger charge is 2.36. The lowest BCUT2D eigenvalue weighted by molar-refractivity contribution is -0.139. The highest BCUT2D eigenvalue weighted by atomic mass is 79.9. The molecule has 6 nitrogen and oxygen atoms in total. The number of H-pyrrole nitrogens is 1. The molecule has 4 aromatic rings. The molecule has 0 fully saturated rings. The van der Waals surface area contributed by atoms with Gasteiger partial charge >= 0.3 is 12.1 Å². The van der Waals surface area contributed by atoms with E-state index in [4.69, 9.17) is 21.4 Å². The van der Waals surface area contributed by atoms with Crippen LogP contribution in [0.1, 0.15) is 11.1 Å². The molecule has 0 aliphatic heterocycles. The van der Waals surface area contributed by atoms with E-state index in [1.165, 1.54) is 54.7 Å². The lowest BCUT2D eigenvalue weighted by Gasteiger charge is -2.17. The molecule has 0 saturated carbocycles. The number of aromatic nitrogens is 1. The summed E-state index contributed by atoms with van der Waals surface area (Å²) in [7, 11) is -3.98. The van der Waals surface area contributed by atoms with E-state index in [1.807, 2.05) is 0 Å². The Kier molecular flexibility index (Phi) is 6.60. The van der Waals surface area contributed by atoms with E-state index in [0.717, 1.165) is 0 Å². The first-order valence-electron chi connectivity index (χ1n) is 9.77. The van der Waals surface area contributed by atoms with Gasteiger partial charge in [0.2, 0.25) is 9.84 Å². The maximum Gasteiger partial charge on any atom is 0.420 e. The number of hydrogen-bond donors (Lipinski definition) is 2. The Bertz CT molecular complexity index is 1550. The predicted octanol–water partition coefficient (Wildman–Crippen LogP) is 6.85. The Morgan fingerprint density at radius 3 is 2.40 bits per heavy atom. The summed E-state index contributed by atoms with van der Waals surface area (Å²) >= 11 is 8.87. The average Bonchev–Trinajstić information content (AvgIpc) is 3.18. The average molecular weight is 589 g/mol. The molecule has 35 heavy (non-hydrogen) atoms. The third kappa shape index (κ3) is 5.16. The fourth-order valence-corrected chi connectivity index (χ4v) is 5.59.